The van der Waals surface area contributed by atoms with Gasteiger partial charge in [0.25, 0.3) is 0 Å². The van der Waals surface area contributed by atoms with Gasteiger partial charge >= 0.3 is 11.9 Å². The molecule has 1 N–H and O–H groups in total. The first kappa shape index (κ1) is 19.9. The Bertz CT molecular complexity index is 325. The molecule has 0 aliphatic rings. The van der Waals surface area contributed by atoms with Crippen LogP contribution in [0, 0.1) is 17.3 Å². The van der Waals surface area contributed by atoms with Crippen LogP contribution in [0.5, 0.6) is 0 Å². The zero-order valence-electron chi connectivity index (χ0n) is 14.3. The predicted octanol–water partition coefficient (Wildman–Crippen LogP) is 4.27. The molecular formula is C17H32O4. The zero-order chi connectivity index (χ0) is 16.5. The Kier molecular flexibility index (Phi) is 9.31. The van der Waals surface area contributed by atoms with Crippen molar-refractivity contribution in [3.8, 4) is 0 Å². The van der Waals surface area contributed by atoms with Crippen molar-refractivity contribution in [2.75, 3.05) is 6.61 Å². The Morgan fingerprint density at radius 1 is 1.10 bits per heavy atom. The molecule has 0 amide bonds. The lowest BCUT2D eigenvalue weighted by atomic mass is 9.63. The van der Waals surface area contributed by atoms with Crippen molar-refractivity contribution in [2.24, 2.45) is 17.3 Å². The Morgan fingerprint density at radius 2 is 1.67 bits per heavy atom. The fraction of sp³-hybridized carbons (Fsp3) is 0.882. The van der Waals surface area contributed by atoms with E-state index in [1.807, 2.05) is 27.7 Å². The first-order valence-corrected chi connectivity index (χ1v) is 8.28. The average molecular weight is 300 g/mol. The maximum absolute atomic E-state index is 12.7. The fourth-order valence-electron chi connectivity index (χ4n) is 3.02. The summed E-state index contributed by atoms with van der Waals surface area (Å²) >= 11 is 0. The smallest absolute Gasteiger partial charge is 0.313 e. The lowest BCUT2D eigenvalue weighted by Crippen LogP contribution is -2.47. The van der Waals surface area contributed by atoms with Gasteiger partial charge < -0.3 is 9.84 Å². The Morgan fingerprint density at radius 3 is 2.05 bits per heavy atom. The van der Waals surface area contributed by atoms with E-state index in [2.05, 4.69) is 6.92 Å². The number of aliphatic carboxylic acids is 1. The largest absolute Gasteiger partial charge is 0.481 e. The van der Waals surface area contributed by atoms with Crippen LogP contribution in [-0.2, 0) is 14.3 Å². The van der Waals surface area contributed by atoms with Crippen LogP contribution in [0.3, 0.4) is 0 Å². The molecule has 0 heterocycles. The van der Waals surface area contributed by atoms with Crippen molar-refractivity contribution in [1.82, 2.24) is 0 Å². The van der Waals surface area contributed by atoms with Crippen molar-refractivity contribution in [2.45, 2.75) is 73.1 Å². The Hall–Kier alpha value is -1.06. The highest BCUT2D eigenvalue weighted by molar-refractivity contribution is 5.85. The summed E-state index contributed by atoms with van der Waals surface area (Å²) in [6, 6.07) is 0. The normalized spacial score (nSPS) is 15.5. The standard InChI is InChI=1S/C17H32O4/c1-6-9-11-17(13(4)5,14(8-3)15(18)19)16(20)21-12-10-7-2/h13-14H,6-12H2,1-5H3,(H,18,19). The van der Waals surface area contributed by atoms with Crippen LogP contribution in [0.25, 0.3) is 0 Å². The number of esters is 1. The minimum atomic E-state index is -0.912. The number of hydrogen-bond donors (Lipinski definition) is 1. The van der Waals surface area contributed by atoms with Gasteiger partial charge in [0, 0.05) is 0 Å². The SMILES string of the molecule is CCCCOC(=O)C(CCCC)(C(C)C)C(CC)C(=O)O. The molecule has 0 aromatic rings. The second-order valence-electron chi connectivity index (χ2n) is 6.09. The summed E-state index contributed by atoms with van der Waals surface area (Å²) in [5.41, 5.74) is -0.912. The lowest BCUT2D eigenvalue weighted by molar-refractivity contribution is -0.173. The third kappa shape index (κ3) is 5.01. The molecule has 0 fully saturated rings. The Labute approximate surface area is 129 Å². The van der Waals surface area contributed by atoms with Gasteiger partial charge in [-0.3, -0.25) is 9.59 Å². The van der Waals surface area contributed by atoms with E-state index in [1.165, 1.54) is 0 Å². The van der Waals surface area contributed by atoms with E-state index in [9.17, 15) is 14.7 Å². The number of carboxylic acids is 1. The summed E-state index contributed by atoms with van der Waals surface area (Å²) < 4.78 is 5.44. The minimum Gasteiger partial charge on any atom is -0.481 e. The maximum Gasteiger partial charge on any atom is 0.313 e. The molecule has 2 atom stereocenters. The number of unbranched alkanes of at least 4 members (excludes halogenated alkanes) is 2. The van der Waals surface area contributed by atoms with Crippen molar-refractivity contribution in [3.63, 3.8) is 0 Å². The molecule has 0 aromatic heterocycles. The summed E-state index contributed by atoms with van der Waals surface area (Å²) in [5, 5.41) is 9.57. The van der Waals surface area contributed by atoms with Crippen molar-refractivity contribution in [1.29, 1.82) is 0 Å². The van der Waals surface area contributed by atoms with Gasteiger partial charge in [-0.1, -0.05) is 53.9 Å². The van der Waals surface area contributed by atoms with Crippen LogP contribution in [0.1, 0.15) is 73.1 Å². The van der Waals surface area contributed by atoms with Gasteiger partial charge in [0.05, 0.1) is 17.9 Å². The van der Waals surface area contributed by atoms with Crippen LogP contribution in [0.4, 0.5) is 0 Å². The van der Waals surface area contributed by atoms with E-state index < -0.39 is 17.3 Å². The zero-order valence-corrected chi connectivity index (χ0v) is 14.3. The molecule has 4 heteroatoms. The van der Waals surface area contributed by atoms with Crippen molar-refractivity contribution >= 4 is 11.9 Å². The first-order valence-electron chi connectivity index (χ1n) is 8.28. The molecular weight excluding hydrogens is 268 g/mol. The number of carboxylic acid groups (broad SMARTS) is 1. The number of carbonyl (C=O) groups excluding carboxylic acids is 1. The fourth-order valence-corrected chi connectivity index (χ4v) is 3.02. The van der Waals surface area contributed by atoms with Gasteiger partial charge in [-0.25, -0.2) is 0 Å². The van der Waals surface area contributed by atoms with E-state index in [0.717, 1.165) is 25.7 Å². The van der Waals surface area contributed by atoms with E-state index in [0.29, 0.717) is 19.4 Å². The van der Waals surface area contributed by atoms with Crippen LogP contribution in [0.2, 0.25) is 0 Å². The van der Waals surface area contributed by atoms with Crippen LogP contribution in [0.15, 0.2) is 0 Å². The van der Waals surface area contributed by atoms with Gasteiger partial charge in [0.2, 0.25) is 0 Å². The van der Waals surface area contributed by atoms with Gasteiger partial charge in [-0.2, -0.15) is 0 Å². The quantitative estimate of drug-likeness (QED) is 0.457. The number of ether oxygens (including phenoxy) is 1. The third-order valence-corrected chi connectivity index (χ3v) is 4.41. The highest BCUT2D eigenvalue weighted by atomic mass is 16.5. The van der Waals surface area contributed by atoms with Crippen LogP contribution < -0.4 is 0 Å². The second kappa shape index (κ2) is 9.80. The molecule has 2 unspecified atom stereocenters. The minimum absolute atomic E-state index is 0.0563. The van der Waals surface area contributed by atoms with E-state index in [1.54, 1.807) is 0 Å². The Balaban J connectivity index is 5.45. The summed E-state index contributed by atoms with van der Waals surface area (Å²) in [6.45, 7) is 10.2. The summed E-state index contributed by atoms with van der Waals surface area (Å²) in [7, 11) is 0. The lowest BCUT2D eigenvalue weighted by Gasteiger charge is -2.39. The molecule has 0 aromatic carbocycles. The topological polar surface area (TPSA) is 63.6 Å². The summed E-state index contributed by atoms with van der Waals surface area (Å²) in [5.74, 6) is -1.96. The van der Waals surface area contributed by atoms with Crippen molar-refractivity contribution in [3.05, 3.63) is 0 Å². The predicted molar refractivity (Wildman–Crippen MR) is 84.1 cm³/mol. The maximum atomic E-state index is 12.7. The molecule has 0 aliphatic carbocycles. The molecule has 0 saturated heterocycles. The van der Waals surface area contributed by atoms with Crippen molar-refractivity contribution < 1.29 is 19.4 Å². The van der Waals surface area contributed by atoms with Crippen LogP contribution >= 0.6 is 0 Å². The van der Waals surface area contributed by atoms with E-state index in [4.69, 9.17) is 4.74 Å². The monoisotopic (exact) mass is 300 g/mol. The number of rotatable bonds is 11. The second-order valence-corrected chi connectivity index (χ2v) is 6.09. The van der Waals surface area contributed by atoms with Crippen LogP contribution in [-0.4, -0.2) is 23.7 Å². The third-order valence-electron chi connectivity index (χ3n) is 4.41. The molecule has 0 radical (unpaired) electrons. The highest BCUT2D eigenvalue weighted by Crippen LogP contribution is 2.44. The summed E-state index contributed by atoms with van der Waals surface area (Å²) in [4.78, 5) is 24.4. The molecule has 0 saturated carbocycles. The average Bonchev–Trinajstić information content (AvgIpc) is 2.42. The van der Waals surface area contributed by atoms with E-state index in [-0.39, 0.29) is 11.9 Å². The van der Waals surface area contributed by atoms with E-state index >= 15 is 0 Å². The molecule has 4 nitrogen and oxygen atoms in total. The van der Waals surface area contributed by atoms with Gasteiger partial charge in [0.15, 0.2) is 0 Å². The summed E-state index contributed by atoms with van der Waals surface area (Å²) in [6.07, 6.45) is 4.57. The first-order chi connectivity index (χ1) is 9.88. The molecule has 0 rings (SSSR count). The molecule has 21 heavy (non-hydrogen) atoms. The number of hydrogen-bond acceptors (Lipinski definition) is 3. The van der Waals surface area contributed by atoms with Gasteiger partial charge in [0.1, 0.15) is 0 Å². The van der Waals surface area contributed by atoms with Gasteiger partial charge in [-0.05, 0) is 25.2 Å². The molecule has 124 valence electrons. The molecule has 0 aliphatic heterocycles. The molecule has 0 spiro atoms. The van der Waals surface area contributed by atoms with Gasteiger partial charge in [-0.15, -0.1) is 0 Å². The highest BCUT2D eigenvalue weighted by Gasteiger charge is 2.51. The molecule has 0 bridgehead atoms. The number of carbonyl (C=O) groups is 2.